The average molecular weight is 291 g/mol. The minimum absolute atomic E-state index is 0.0106. The van der Waals surface area contributed by atoms with E-state index >= 15 is 0 Å². The maximum Gasteiger partial charge on any atom is 0.313 e. The van der Waals surface area contributed by atoms with Gasteiger partial charge in [-0.3, -0.25) is 9.36 Å². The number of thioether (sulfide) groups is 1. The summed E-state index contributed by atoms with van der Waals surface area (Å²) in [6.07, 6.45) is 0.892. The fraction of sp³-hybridized carbons (Fsp3) is 0.357. The van der Waals surface area contributed by atoms with Crippen molar-refractivity contribution in [3.63, 3.8) is 0 Å². The van der Waals surface area contributed by atoms with Crippen molar-refractivity contribution in [3.05, 3.63) is 41.7 Å². The van der Waals surface area contributed by atoms with Gasteiger partial charge in [-0.2, -0.15) is 0 Å². The van der Waals surface area contributed by atoms with Crippen LogP contribution in [0.2, 0.25) is 0 Å². The van der Waals surface area contributed by atoms with Gasteiger partial charge < -0.3 is 5.11 Å². The Morgan fingerprint density at radius 2 is 2.05 bits per heavy atom. The third-order valence-corrected chi connectivity index (χ3v) is 3.97. The number of carbonyl (C=O) groups is 1. The van der Waals surface area contributed by atoms with Crippen LogP contribution in [0.3, 0.4) is 0 Å². The number of hydrogen-bond donors (Lipinski definition) is 1. The van der Waals surface area contributed by atoms with Crippen LogP contribution in [0.1, 0.15) is 30.8 Å². The van der Waals surface area contributed by atoms with Gasteiger partial charge in [-0.25, -0.2) is 0 Å². The fourth-order valence-corrected chi connectivity index (χ4v) is 2.93. The van der Waals surface area contributed by atoms with Gasteiger partial charge in [0.1, 0.15) is 5.82 Å². The Bertz CT molecular complexity index is 583. The van der Waals surface area contributed by atoms with Crippen molar-refractivity contribution in [3.8, 4) is 0 Å². The quantitative estimate of drug-likeness (QED) is 0.829. The van der Waals surface area contributed by atoms with E-state index in [0.717, 1.165) is 12.2 Å². The lowest BCUT2D eigenvalue weighted by molar-refractivity contribution is -0.133. The Kier molecular flexibility index (Phi) is 4.79. The van der Waals surface area contributed by atoms with Crippen LogP contribution in [0.5, 0.6) is 0 Å². The average Bonchev–Trinajstić information content (AvgIpc) is 2.80. The largest absolute Gasteiger partial charge is 0.481 e. The summed E-state index contributed by atoms with van der Waals surface area (Å²) in [6, 6.07) is 10.2. The molecule has 1 heterocycles. The zero-order valence-electron chi connectivity index (χ0n) is 11.5. The molecule has 2 aromatic rings. The summed E-state index contributed by atoms with van der Waals surface area (Å²) in [7, 11) is 0. The monoisotopic (exact) mass is 291 g/mol. The normalized spacial score (nSPS) is 12.3. The third-order valence-electron chi connectivity index (χ3n) is 3.04. The Morgan fingerprint density at radius 1 is 1.35 bits per heavy atom. The molecule has 2 rings (SSSR count). The van der Waals surface area contributed by atoms with E-state index in [1.165, 1.54) is 17.3 Å². The Morgan fingerprint density at radius 3 is 2.65 bits per heavy atom. The van der Waals surface area contributed by atoms with Crippen molar-refractivity contribution in [2.45, 2.75) is 31.5 Å². The minimum Gasteiger partial charge on any atom is -0.481 e. The summed E-state index contributed by atoms with van der Waals surface area (Å²) in [5, 5.41) is 17.6. The van der Waals surface area contributed by atoms with Crippen molar-refractivity contribution in [2.24, 2.45) is 0 Å². The summed E-state index contributed by atoms with van der Waals surface area (Å²) >= 11 is 1.20. The maximum atomic E-state index is 10.7. The molecule has 0 radical (unpaired) electrons. The first-order chi connectivity index (χ1) is 9.63. The molecule has 106 valence electrons. The van der Waals surface area contributed by atoms with Crippen LogP contribution in [-0.2, 0) is 4.79 Å². The second-order valence-corrected chi connectivity index (χ2v) is 5.36. The molecule has 0 saturated heterocycles. The molecule has 20 heavy (non-hydrogen) atoms. The van der Waals surface area contributed by atoms with E-state index in [1.54, 1.807) is 0 Å². The summed E-state index contributed by atoms with van der Waals surface area (Å²) in [6.45, 7) is 3.99. The number of rotatable bonds is 6. The first-order valence-electron chi connectivity index (χ1n) is 6.44. The van der Waals surface area contributed by atoms with Gasteiger partial charge in [0.05, 0.1) is 11.8 Å². The highest BCUT2D eigenvalue weighted by Crippen LogP contribution is 2.28. The van der Waals surface area contributed by atoms with Gasteiger partial charge in [0.2, 0.25) is 0 Å². The van der Waals surface area contributed by atoms with Gasteiger partial charge in [0, 0.05) is 0 Å². The van der Waals surface area contributed by atoms with E-state index in [0.29, 0.717) is 5.16 Å². The van der Waals surface area contributed by atoms with E-state index in [1.807, 2.05) is 29.7 Å². The van der Waals surface area contributed by atoms with E-state index in [4.69, 9.17) is 5.11 Å². The summed E-state index contributed by atoms with van der Waals surface area (Å²) in [5.41, 5.74) is 1.18. The SMILES string of the molecule is CCC(c1ccccc1)n1c(C)nnc1SCC(=O)O. The fourth-order valence-electron chi connectivity index (χ4n) is 2.18. The molecule has 1 aromatic heterocycles. The van der Waals surface area contributed by atoms with E-state index in [9.17, 15) is 4.79 Å². The highest BCUT2D eigenvalue weighted by molar-refractivity contribution is 7.99. The standard InChI is InChI=1S/C14H17N3O2S/c1-3-12(11-7-5-4-6-8-11)17-10(2)15-16-14(17)20-9-13(18)19/h4-8,12H,3,9H2,1-2H3,(H,18,19). The summed E-state index contributed by atoms with van der Waals surface area (Å²) < 4.78 is 2.02. The number of nitrogens with zero attached hydrogens (tertiary/aromatic N) is 3. The highest BCUT2D eigenvalue weighted by atomic mass is 32.2. The molecule has 0 bridgehead atoms. The molecule has 0 amide bonds. The van der Waals surface area contributed by atoms with Gasteiger partial charge in [0.25, 0.3) is 0 Å². The molecule has 1 atom stereocenters. The second kappa shape index (κ2) is 6.56. The lowest BCUT2D eigenvalue weighted by Crippen LogP contribution is -2.13. The Labute approximate surface area is 122 Å². The molecule has 1 N–H and O–H groups in total. The molecule has 5 nitrogen and oxygen atoms in total. The van der Waals surface area contributed by atoms with Crippen molar-refractivity contribution in [1.29, 1.82) is 0 Å². The first kappa shape index (κ1) is 14.6. The number of aryl methyl sites for hydroxylation is 1. The van der Waals surface area contributed by atoms with Crippen LogP contribution in [-0.4, -0.2) is 31.6 Å². The predicted octanol–water partition coefficient (Wildman–Crippen LogP) is 2.76. The number of carboxylic acids is 1. The zero-order chi connectivity index (χ0) is 14.5. The topological polar surface area (TPSA) is 68.0 Å². The molecule has 0 aliphatic carbocycles. The predicted molar refractivity (Wildman–Crippen MR) is 78.0 cm³/mol. The van der Waals surface area contributed by atoms with Crippen LogP contribution in [0, 0.1) is 6.92 Å². The van der Waals surface area contributed by atoms with Crippen molar-refractivity contribution in [2.75, 3.05) is 5.75 Å². The van der Waals surface area contributed by atoms with Gasteiger partial charge in [-0.1, -0.05) is 49.0 Å². The number of hydrogen-bond acceptors (Lipinski definition) is 4. The second-order valence-electron chi connectivity index (χ2n) is 4.42. The molecule has 6 heteroatoms. The van der Waals surface area contributed by atoms with Crippen LogP contribution >= 0.6 is 11.8 Å². The molecule has 0 spiro atoms. The van der Waals surface area contributed by atoms with Crippen LogP contribution in [0.4, 0.5) is 0 Å². The van der Waals surface area contributed by atoms with E-state index in [2.05, 4.69) is 29.3 Å². The lowest BCUT2D eigenvalue weighted by Gasteiger charge is -2.20. The smallest absolute Gasteiger partial charge is 0.313 e. The highest BCUT2D eigenvalue weighted by Gasteiger charge is 2.19. The van der Waals surface area contributed by atoms with Gasteiger partial charge >= 0.3 is 5.97 Å². The minimum atomic E-state index is -0.852. The zero-order valence-corrected chi connectivity index (χ0v) is 12.3. The van der Waals surface area contributed by atoms with Gasteiger partial charge in [-0.05, 0) is 18.9 Å². The number of benzene rings is 1. The van der Waals surface area contributed by atoms with Gasteiger partial charge in [0.15, 0.2) is 5.16 Å². The van der Waals surface area contributed by atoms with E-state index < -0.39 is 5.97 Å². The van der Waals surface area contributed by atoms with Crippen LogP contribution < -0.4 is 0 Å². The molecule has 1 unspecified atom stereocenters. The third kappa shape index (κ3) is 3.19. The molecule has 0 fully saturated rings. The molecule has 0 aliphatic heterocycles. The van der Waals surface area contributed by atoms with Crippen molar-refractivity contribution in [1.82, 2.24) is 14.8 Å². The van der Waals surface area contributed by atoms with E-state index in [-0.39, 0.29) is 11.8 Å². The van der Waals surface area contributed by atoms with Crippen LogP contribution in [0.25, 0.3) is 0 Å². The first-order valence-corrected chi connectivity index (χ1v) is 7.43. The lowest BCUT2D eigenvalue weighted by atomic mass is 10.0. The van der Waals surface area contributed by atoms with Crippen molar-refractivity contribution >= 4 is 17.7 Å². The molecule has 0 aliphatic rings. The number of carboxylic acid groups (broad SMARTS) is 1. The van der Waals surface area contributed by atoms with Gasteiger partial charge in [-0.15, -0.1) is 10.2 Å². The number of aliphatic carboxylic acids is 1. The Hall–Kier alpha value is -1.82. The molecular weight excluding hydrogens is 274 g/mol. The molecule has 1 aromatic carbocycles. The molecule has 0 saturated carbocycles. The Balaban J connectivity index is 2.34. The maximum absolute atomic E-state index is 10.7. The van der Waals surface area contributed by atoms with Crippen molar-refractivity contribution < 1.29 is 9.90 Å². The molecular formula is C14H17N3O2S. The summed E-state index contributed by atoms with van der Waals surface area (Å²) in [4.78, 5) is 10.7. The van der Waals surface area contributed by atoms with Crippen LogP contribution in [0.15, 0.2) is 35.5 Å². The number of aromatic nitrogens is 3. The summed E-state index contributed by atoms with van der Waals surface area (Å²) in [5.74, 6) is -0.0628.